The Kier molecular flexibility index (Phi) is 4.80. The summed E-state index contributed by atoms with van der Waals surface area (Å²) >= 11 is 0. The van der Waals surface area contributed by atoms with Crippen LogP contribution < -0.4 is 10.9 Å². The molecule has 0 bridgehead atoms. The molecule has 0 aliphatic heterocycles. The van der Waals surface area contributed by atoms with Gasteiger partial charge in [0.05, 0.1) is 6.07 Å². The van der Waals surface area contributed by atoms with Crippen molar-refractivity contribution in [1.82, 2.24) is 10.3 Å². The first kappa shape index (κ1) is 12.0. The Morgan fingerprint density at radius 3 is 3.00 bits per heavy atom. The smallest absolute Gasteiger partial charge is 0.251 e. The van der Waals surface area contributed by atoms with E-state index in [0.717, 1.165) is 12.8 Å². The van der Waals surface area contributed by atoms with Gasteiger partial charge in [-0.15, -0.1) is 0 Å². The summed E-state index contributed by atoms with van der Waals surface area (Å²) in [5, 5.41) is 11.0. The van der Waals surface area contributed by atoms with Gasteiger partial charge >= 0.3 is 0 Å². The van der Waals surface area contributed by atoms with E-state index < -0.39 is 0 Å². The third kappa shape index (κ3) is 3.96. The first-order valence-corrected chi connectivity index (χ1v) is 5.08. The highest BCUT2D eigenvalue weighted by molar-refractivity contribution is 5.93. The van der Waals surface area contributed by atoms with Gasteiger partial charge in [0.1, 0.15) is 0 Å². The molecule has 16 heavy (non-hydrogen) atoms. The van der Waals surface area contributed by atoms with Crippen LogP contribution in [-0.2, 0) is 0 Å². The van der Waals surface area contributed by atoms with Crippen LogP contribution in [0.5, 0.6) is 0 Å². The third-order valence-corrected chi connectivity index (χ3v) is 2.04. The summed E-state index contributed by atoms with van der Waals surface area (Å²) in [6, 6.07) is 4.84. The summed E-state index contributed by atoms with van der Waals surface area (Å²) in [5.41, 5.74) is 0.0566. The van der Waals surface area contributed by atoms with Gasteiger partial charge < -0.3 is 10.3 Å². The molecule has 0 saturated heterocycles. The van der Waals surface area contributed by atoms with Crippen LogP contribution in [0.1, 0.15) is 29.6 Å². The summed E-state index contributed by atoms with van der Waals surface area (Å²) in [6.45, 7) is 0.521. The molecule has 5 nitrogen and oxygen atoms in total. The van der Waals surface area contributed by atoms with Gasteiger partial charge in [-0.2, -0.15) is 5.26 Å². The molecule has 84 valence electrons. The van der Waals surface area contributed by atoms with Crippen LogP contribution in [0.15, 0.2) is 23.1 Å². The van der Waals surface area contributed by atoms with E-state index >= 15 is 0 Å². The summed E-state index contributed by atoms with van der Waals surface area (Å²) in [6.07, 6.45) is 3.47. The maximum Gasteiger partial charge on any atom is 0.251 e. The van der Waals surface area contributed by atoms with E-state index in [1.807, 2.05) is 6.07 Å². The number of nitrogens with one attached hydrogen (secondary N) is 2. The Balaban J connectivity index is 2.36. The van der Waals surface area contributed by atoms with Crippen molar-refractivity contribution >= 4 is 5.91 Å². The number of nitriles is 1. The van der Waals surface area contributed by atoms with Crippen LogP contribution in [0.2, 0.25) is 0 Å². The number of aromatic nitrogens is 1. The van der Waals surface area contributed by atoms with Crippen molar-refractivity contribution in [2.24, 2.45) is 0 Å². The van der Waals surface area contributed by atoms with Crippen LogP contribution in [0.25, 0.3) is 0 Å². The molecule has 1 amide bonds. The van der Waals surface area contributed by atoms with Gasteiger partial charge in [-0.25, -0.2) is 0 Å². The fraction of sp³-hybridized carbons (Fsp3) is 0.364. The number of carbonyl (C=O) groups is 1. The van der Waals surface area contributed by atoms with E-state index in [9.17, 15) is 9.59 Å². The predicted octanol–water partition coefficient (Wildman–Crippen LogP) is 0.799. The highest BCUT2D eigenvalue weighted by Crippen LogP contribution is 1.95. The first-order valence-electron chi connectivity index (χ1n) is 5.08. The molecule has 2 N–H and O–H groups in total. The Hall–Kier alpha value is -2.09. The van der Waals surface area contributed by atoms with E-state index in [1.54, 1.807) is 6.07 Å². The molecular formula is C11H13N3O2. The summed E-state index contributed by atoms with van der Waals surface area (Å²) in [5.74, 6) is -0.261. The van der Waals surface area contributed by atoms with E-state index in [-0.39, 0.29) is 11.5 Å². The summed E-state index contributed by atoms with van der Waals surface area (Å²) in [4.78, 5) is 24.9. The molecule has 0 saturated carbocycles. The number of hydrogen-bond donors (Lipinski definition) is 2. The van der Waals surface area contributed by atoms with E-state index in [4.69, 9.17) is 5.26 Å². The second kappa shape index (κ2) is 6.40. The number of aromatic amines is 1. The Bertz CT molecular complexity index is 445. The lowest BCUT2D eigenvalue weighted by Crippen LogP contribution is -2.25. The second-order valence-corrected chi connectivity index (χ2v) is 3.31. The van der Waals surface area contributed by atoms with E-state index in [0.29, 0.717) is 18.5 Å². The lowest BCUT2D eigenvalue weighted by Gasteiger charge is -2.03. The molecule has 0 aliphatic rings. The largest absolute Gasteiger partial charge is 0.352 e. The highest BCUT2D eigenvalue weighted by Gasteiger charge is 2.04. The molecule has 0 atom stereocenters. The van der Waals surface area contributed by atoms with Crippen LogP contribution in [0, 0.1) is 11.3 Å². The van der Waals surface area contributed by atoms with Gasteiger partial charge in [0.25, 0.3) is 5.91 Å². The zero-order valence-corrected chi connectivity index (χ0v) is 8.82. The maximum atomic E-state index is 11.5. The van der Waals surface area contributed by atoms with Crippen LogP contribution in [0.3, 0.4) is 0 Å². The van der Waals surface area contributed by atoms with Gasteiger partial charge in [0.2, 0.25) is 5.56 Å². The lowest BCUT2D eigenvalue weighted by atomic mass is 10.2. The number of hydrogen-bond acceptors (Lipinski definition) is 3. The number of amides is 1. The van der Waals surface area contributed by atoms with Crippen LogP contribution >= 0.6 is 0 Å². The van der Waals surface area contributed by atoms with E-state index in [1.165, 1.54) is 12.3 Å². The molecule has 1 aromatic rings. The van der Waals surface area contributed by atoms with Crippen molar-refractivity contribution in [2.45, 2.75) is 19.3 Å². The van der Waals surface area contributed by atoms with Crippen molar-refractivity contribution < 1.29 is 4.79 Å². The monoisotopic (exact) mass is 219 g/mol. The van der Waals surface area contributed by atoms with E-state index in [2.05, 4.69) is 10.3 Å². The average molecular weight is 219 g/mol. The Morgan fingerprint density at radius 1 is 1.50 bits per heavy atom. The molecule has 0 aliphatic carbocycles. The fourth-order valence-corrected chi connectivity index (χ4v) is 1.22. The van der Waals surface area contributed by atoms with Crippen molar-refractivity contribution in [2.75, 3.05) is 6.54 Å². The molecule has 0 spiro atoms. The number of unbranched alkanes of at least 4 members (excludes halogenated alkanes) is 2. The minimum Gasteiger partial charge on any atom is -0.352 e. The number of carbonyl (C=O) groups excluding carboxylic acids is 1. The molecule has 0 fully saturated rings. The molecule has 5 heteroatoms. The highest BCUT2D eigenvalue weighted by atomic mass is 16.2. The fourth-order valence-electron chi connectivity index (χ4n) is 1.22. The second-order valence-electron chi connectivity index (χ2n) is 3.31. The molecule has 0 unspecified atom stereocenters. The minimum atomic E-state index is -0.294. The SMILES string of the molecule is N#CCCCCNC(=O)c1cc[nH]c(=O)c1. The maximum absolute atomic E-state index is 11.5. The van der Waals surface area contributed by atoms with Crippen molar-refractivity contribution in [3.63, 3.8) is 0 Å². The van der Waals surface area contributed by atoms with Gasteiger partial charge in [-0.05, 0) is 18.9 Å². The molecule has 0 radical (unpaired) electrons. The molecule has 1 aromatic heterocycles. The Morgan fingerprint density at radius 2 is 2.31 bits per heavy atom. The normalized spacial score (nSPS) is 9.44. The Labute approximate surface area is 93.1 Å². The molecular weight excluding hydrogens is 206 g/mol. The number of rotatable bonds is 5. The van der Waals surface area contributed by atoms with Gasteiger partial charge in [0.15, 0.2) is 0 Å². The standard InChI is InChI=1S/C11H13N3O2/c12-5-2-1-3-6-14-11(16)9-4-7-13-10(15)8-9/h4,7-8H,1-3,6H2,(H,13,15)(H,14,16). The van der Waals surface area contributed by atoms with Crippen LogP contribution in [0.4, 0.5) is 0 Å². The minimum absolute atomic E-state index is 0.261. The summed E-state index contributed by atoms with van der Waals surface area (Å²) in [7, 11) is 0. The van der Waals surface area contributed by atoms with Crippen molar-refractivity contribution in [3.05, 3.63) is 34.2 Å². The zero-order chi connectivity index (χ0) is 11.8. The number of nitrogens with zero attached hydrogens (tertiary/aromatic N) is 1. The van der Waals surface area contributed by atoms with Crippen LogP contribution in [-0.4, -0.2) is 17.4 Å². The predicted molar refractivity (Wildman–Crippen MR) is 58.9 cm³/mol. The third-order valence-electron chi connectivity index (χ3n) is 2.04. The zero-order valence-electron chi connectivity index (χ0n) is 8.82. The number of H-pyrrole nitrogens is 1. The summed E-state index contributed by atoms with van der Waals surface area (Å²) < 4.78 is 0. The molecule has 1 heterocycles. The number of pyridine rings is 1. The first-order chi connectivity index (χ1) is 7.74. The van der Waals surface area contributed by atoms with Gasteiger partial charge in [-0.1, -0.05) is 0 Å². The lowest BCUT2D eigenvalue weighted by molar-refractivity contribution is 0.0953. The average Bonchev–Trinajstić information content (AvgIpc) is 2.28. The van der Waals surface area contributed by atoms with Crippen molar-refractivity contribution in [3.8, 4) is 6.07 Å². The topological polar surface area (TPSA) is 85.8 Å². The van der Waals surface area contributed by atoms with Gasteiger partial charge in [-0.3, -0.25) is 9.59 Å². The molecule has 0 aromatic carbocycles. The molecule has 1 rings (SSSR count). The van der Waals surface area contributed by atoms with Crippen molar-refractivity contribution in [1.29, 1.82) is 5.26 Å². The quantitative estimate of drug-likeness (QED) is 0.718. The van der Waals surface area contributed by atoms with Gasteiger partial charge in [0, 0.05) is 30.8 Å².